The first-order valence-electron chi connectivity index (χ1n) is 8.95. The first-order chi connectivity index (χ1) is 14.4. The lowest BCUT2D eigenvalue weighted by Gasteiger charge is -2.13. The van der Waals surface area contributed by atoms with Gasteiger partial charge >= 0.3 is 0 Å². The molecule has 4 aromatic rings. The van der Waals surface area contributed by atoms with E-state index >= 15 is 0 Å². The minimum Gasteiger partial charge on any atom is -0.445 e. The first-order valence-corrected chi connectivity index (χ1v) is 10.4. The number of aldehydes is 1. The van der Waals surface area contributed by atoms with Crippen LogP contribution < -0.4 is 4.72 Å². The lowest BCUT2D eigenvalue weighted by molar-refractivity contribution is 0.112. The van der Waals surface area contributed by atoms with Crippen LogP contribution in [0.25, 0.3) is 22.6 Å². The molecule has 0 saturated heterocycles. The van der Waals surface area contributed by atoms with Crippen LogP contribution in [0, 0.1) is 13.8 Å². The van der Waals surface area contributed by atoms with Crippen LogP contribution in [0.3, 0.4) is 0 Å². The molecule has 152 valence electrons. The van der Waals surface area contributed by atoms with Crippen LogP contribution in [0.5, 0.6) is 0 Å². The average molecular weight is 423 g/mol. The molecule has 0 aliphatic rings. The highest BCUT2D eigenvalue weighted by molar-refractivity contribution is 7.92. The highest BCUT2D eigenvalue weighted by atomic mass is 32.2. The Morgan fingerprint density at radius 3 is 2.53 bits per heavy atom. The molecule has 2 heterocycles. The zero-order valence-corrected chi connectivity index (χ0v) is 16.9. The maximum atomic E-state index is 13.1. The van der Waals surface area contributed by atoms with Gasteiger partial charge in [0.05, 0.1) is 11.1 Å². The number of rotatable bonds is 6. The Hall–Kier alpha value is -3.72. The van der Waals surface area contributed by atoms with E-state index < -0.39 is 10.0 Å². The molecule has 4 rings (SSSR count). The summed E-state index contributed by atoms with van der Waals surface area (Å²) in [6.45, 7) is 3.40. The Morgan fingerprint density at radius 1 is 1.07 bits per heavy atom. The van der Waals surface area contributed by atoms with Crippen LogP contribution in [-0.4, -0.2) is 24.8 Å². The zero-order valence-electron chi connectivity index (χ0n) is 16.1. The number of aryl methyl sites for hydroxylation is 1. The van der Waals surface area contributed by atoms with Gasteiger partial charge in [-0.1, -0.05) is 29.4 Å². The topological polar surface area (TPSA) is 115 Å². The van der Waals surface area contributed by atoms with Gasteiger partial charge in [0.15, 0.2) is 12.1 Å². The van der Waals surface area contributed by atoms with Crippen LogP contribution in [0.15, 0.2) is 68.8 Å². The summed E-state index contributed by atoms with van der Waals surface area (Å²) in [6, 6.07) is 11.4. The van der Waals surface area contributed by atoms with Crippen molar-refractivity contribution in [1.29, 1.82) is 0 Å². The molecule has 30 heavy (non-hydrogen) atoms. The van der Waals surface area contributed by atoms with Gasteiger partial charge in [-0.15, -0.1) is 0 Å². The fraction of sp³-hybridized carbons (Fsp3) is 0.0952. The number of nitrogens with one attached hydrogen (secondary N) is 1. The maximum absolute atomic E-state index is 13.1. The number of benzene rings is 2. The lowest BCUT2D eigenvalue weighted by Crippen LogP contribution is -2.15. The molecular weight excluding hydrogens is 406 g/mol. The number of carbonyl (C=O) groups excluding carboxylic acids is 1. The molecule has 0 bridgehead atoms. The standard InChI is InChI=1S/C21H17N3O5S/c1-13-14(2)29-23-20(13)24-30(26,27)19-6-4-3-5-18(19)17-8-7-15(11-16(17)12-25)21-22-9-10-28-21/h3-12H,1-2H3,(H,23,24). The SMILES string of the molecule is Cc1onc(NS(=O)(=O)c2ccccc2-c2ccc(-c3ncco3)cc2C=O)c1C. The number of aromatic nitrogens is 2. The molecular formula is C21H17N3O5S. The van der Waals surface area contributed by atoms with Gasteiger partial charge in [0.1, 0.15) is 12.0 Å². The number of oxazole rings is 1. The van der Waals surface area contributed by atoms with E-state index in [9.17, 15) is 13.2 Å². The third-order valence-corrected chi connectivity index (χ3v) is 6.11. The predicted octanol–water partition coefficient (Wildman–Crippen LogP) is 4.23. The number of sulfonamides is 1. The molecule has 8 nitrogen and oxygen atoms in total. The number of hydrogen-bond donors (Lipinski definition) is 1. The monoisotopic (exact) mass is 423 g/mol. The molecule has 9 heteroatoms. The van der Waals surface area contributed by atoms with Crippen LogP contribution in [0.2, 0.25) is 0 Å². The van der Waals surface area contributed by atoms with E-state index in [1.54, 1.807) is 50.2 Å². The fourth-order valence-electron chi connectivity index (χ4n) is 3.02. The van der Waals surface area contributed by atoms with Gasteiger partial charge in [-0.25, -0.2) is 13.4 Å². The number of carbonyl (C=O) groups is 1. The molecule has 0 aliphatic heterocycles. The summed E-state index contributed by atoms with van der Waals surface area (Å²) in [5.74, 6) is 1.01. The molecule has 0 radical (unpaired) electrons. The highest BCUT2D eigenvalue weighted by Crippen LogP contribution is 2.33. The summed E-state index contributed by atoms with van der Waals surface area (Å²) < 4.78 is 39.0. The largest absolute Gasteiger partial charge is 0.445 e. The van der Waals surface area contributed by atoms with E-state index in [1.165, 1.54) is 18.5 Å². The minimum atomic E-state index is -4.00. The Bertz CT molecular complexity index is 1320. The smallest absolute Gasteiger partial charge is 0.263 e. The molecule has 0 atom stereocenters. The second kappa shape index (κ2) is 7.60. The molecule has 1 N–H and O–H groups in total. The van der Waals surface area contributed by atoms with Crippen molar-refractivity contribution in [1.82, 2.24) is 10.1 Å². The second-order valence-corrected chi connectivity index (χ2v) is 8.22. The molecule has 2 aromatic heterocycles. The summed E-state index contributed by atoms with van der Waals surface area (Å²) in [6.07, 6.45) is 3.61. The molecule has 0 unspecified atom stereocenters. The van der Waals surface area contributed by atoms with E-state index in [0.717, 1.165) is 0 Å². The van der Waals surface area contributed by atoms with Crippen LogP contribution in [-0.2, 0) is 10.0 Å². The van der Waals surface area contributed by atoms with Gasteiger partial charge in [-0.2, -0.15) is 0 Å². The third kappa shape index (κ3) is 3.50. The van der Waals surface area contributed by atoms with Crippen molar-refractivity contribution in [3.8, 4) is 22.6 Å². The number of anilines is 1. The van der Waals surface area contributed by atoms with Crippen molar-refractivity contribution in [2.24, 2.45) is 0 Å². The van der Waals surface area contributed by atoms with Gasteiger partial charge in [0.25, 0.3) is 10.0 Å². The molecule has 0 aliphatic carbocycles. The molecule has 0 spiro atoms. The van der Waals surface area contributed by atoms with Gasteiger partial charge in [0, 0.05) is 22.3 Å². The lowest BCUT2D eigenvalue weighted by atomic mass is 9.98. The minimum absolute atomic E-state index is 0.0111. The van der Waals surface area contributed by atoms with E-state index in [-0.39, 0.29) is 10.7 Å². The fourth-order valence-corrected chi connectivity index (χ4v) is 4.30. The van der Waals surface area contributed by atoms with Gasteiger partial charge < -0.3 is 8.94 Å². The van der Waals surface area contributed by atoms with Crippen LogP contribution >= 0.6 is 0 Å². The van der Waals surface area contributed by atoms with Crippen molar-refractivity contribution in [3.05, 3.63) is 71.8 Å². The zero-order chi connectivity index (χ0) is 21.3. The Balaban J connectivity index is 1.80. The number of nitrogens with zero attached hydrogens (tertiary/aromatic N) is 2. The second-order valence-electron chi connectivity index (χ2n) is 6.57. The van der Waals surface area contributed by atoms with Gasteiger partial charge in [-0.3, -0.25) is 9.52 Å². The van der Waals surface area contributed by atoms with E-state index in [1.807, 2.05) is 0 Å². The summed E-state index contributed by atoms with van der Waals surface area (Å²) >= 11 is 0. The highest BCUT2D eigenvalue weighted by Gasteiger charge is 2.23. The molecule has 2 aromatic carbocycles. The summed E-state index contributed by atoms with van der Waals surface area (Å²) in [5.41, 5.74) is 2.36. The summed E-state index contributed by atoms with van der Waals surface area (Å²) in [4.78, 5) is 15.9. The van der Waals surface area contributed by atoms with E-state index in [0.29, 0.717) is 45.8 Å². The van der Waals surface area contributed by atoms with Crippen molar-refractivity contribution < 1.29 is 22.2 Å². The van der Waals surface area contributed by atoms with Crippen LogP contribution in [0.4, 0.5) is 5.82 Å². The van der Waals surface area contributed by atoms with Crippen molar-refractivity contribution >= 4 is 22.1 Å². The first kappa shape index (κ1) is 19.6. The molecule has 0 amide bonds. The van der Waals surface area contributed by atoms with E-state index in [2.05, 4.69) is 14.9 Å². The summed E-state index contributed by atoms with van der Waals surface area (Å²) in [5, 5.41) is 3.76. The van der Waals surface area contributed by atoms with Crippen molar-refractivity contribution in [2.45, 2.75) is 18.7 Å². The van der Waals surface area contributed by atoms with Crippen molar-refractivity contribution in [3.63, 3.8) is 0 Å². The van der Waals surface area contributed by atoms with Crippen molar-refractivity contribution in [2.75, 3.05) is 4.72 Å². The average Bonchev–Trinajstić information content (AvgIpc) is 3.39. The molecule has 0 fully saturated rings. The quantitative estimate of drug-likeness (QED) is 0.462. The Morgan fingerprint density at radius 2 is 1.87 bits per heavy atom. The summed E-state index contributed by atoms with van der Waals surface area (Å²) in [7, 11) is -4.00. The normalized spacial score (nSPS) is 11.4. The van der Waals surface area contributed by atoms with E-state index in [4.69, 9.17) is 8.94 Å². The molecule has 0 saturated carbocycles. The third-order valence-electron chi connectivity index (χ3n) is 4.71. The number of hydrogen-bond acceptors (Lipinski definition) is 7. The predicted molar refractivity (Wildman–Crippen MR) is 110 cm³/mol. The Kier molecular flexibility index (Phi) is 4.96. The maximum Gasteiger partial charge on any atom is 0.263 e. The van der Waals surface area contributed by atoms with Gasteiger partial charge in [-0.05, 0) is 37.6 Å². The van der Waals surface area contributed by atoms with Crippen LogP contribution in [0.1, 0.15) is 21.7 Å². The Labute approximate surface area is 172 Å². The van der Waals surface area contributed by atoms with Gasteiger partial charge in [0.2, 0.25) is 5.89 Å².